The van der Waals surface area contributed by atoms with Gasteiger partial charge < -0.3 is 0 Å². The van der Waals surface area contributed by atoms with E-state index in [0.29, 0.717) is 23.8 Å². The van der Waals surface area contributed by atoms with Gasteiger partial charge in [0.2, 0.25) is 10.0 Å². The lowest BCUT2D eigenvalue weighted by molar-refractivity contribution is 0.102. The van der Waals surface area contributed by atoms with Crippen LogP contribution in [0.3, 0.4) is 0 Å². The van der Waals surface area contributed by atoms with Crippen molar-refractivity contribution in [2.75, 3.05) is 18.4 Å². The van der Waals surface area contributed by atoms with Gasteiger partial charge in [-0.25, -0.2) is 13.4 Å². The second-order valence-corrected chi connectivity index (χ2v) is 13.7. The molecule has 1 aromatic heterocycles. The van der Waals surface area contributed by atoms with Crippen molar-refractivity contribution in [1.29, 1.82) is 0 Å². The van der Waals surface area contributed by atoms with Crippen molar-refractivity contribution in [2.24, 2.45) is 11.8 Å². The number of sulfonamides is 1. The Hall–Kier alpha value is -2.55. The molecule has 0 saturated heterocycles. The number of carbonyl (C=O) groups is 1. The van der Waals surface area contributed by atoms with Crippen LogP contribution in [-0.2, 0) is 15.4 Å². The fourth-order valence-corrected chi connectivity index (χ4v) is 6.27. The Morgan fingerprint density at radius 1 is 0.944 bits per heavy atom. The van der Waals surface area contributed by atoms with Gasteiger partial charge in [0, 0.05) is 29.6 Å². The summed E-state index contributed by atoms with van der Waals surface area (Å²) < 4.78 is 27.9. The molecule has 3 aromatic rings. The number of aromatic nitrogens is 1. The maximum absolute atomic E-state index is 13.2. The number of benzene rings is 2. The number of nitrogens with one attached hydrogen (secondary N) is 1. The molecule has 1 N–H and O–H groups in total. The van der Waals surface area contributed by atoms with Crippen LogP contribution in [0.4, 0.5) is 5.13 Å². The molecule has 1 amide bonds. The van der Waals surface area contributed by atoms with Gasteiger partial charge in [0.1, 0.15) is 0 Å². The van der Waals surface area contributed by atoms with Gasteiger partial charge >= 0.3 is 0 Å². The Balaban J connectivity index is 1.71. The summed E-state index contributed by atoms with van der Waals surface area (Å²) in [5, 5.41) is 5.23. The van der Waals surface area contributed by atoms with E-state index in [1.165, 1.54) is 33.3 Å². The number of anilines is 1. The summed E-state index contributed by atoms with van der Waals surface area (Å²) in [4.78, 5) is 17.5. The third kappa shape index (κ3) is 7.02. The van der Waals surface area contributed by atoms with E-state index in [4.69, 9.17) is 0 Å². The molecule has 0 aliphatic rings. The molecular formula is C28H37N3O3S2. The SMILES string of the molecule is CC(C)CN(CC(C)C)S(=O)(=O)c1ccc(C(=O)Nc2nc(-c3ccc(C(C)(C)C)cc3)cs2)cc1. The Labute approximate surface area is 219 Å². The van der Waals surface area contributed by atoms with Gasteiger partial charge in [-0.05, 0) is 47.1 Å². The van der Waals surface area contributed by atoms with E-state index >= 15 is 0 Å². The highest BCUT2D eigenvalue weighted by atomic mass is 32.2. The lowest BCUT2D eigenvalue weighted by Gasteiger charge is -2.25. The molecule has 0 fully saturated rings. The summed E-state index contributed by atoms with van der Waals surface area (Å²) in [5.41, 5.74) is 3.49. The normalized spacial score (nSPS) is 12.5. The summed E-state index contributed by atoms with van der Waals surface area (Å²) in [6, 6.07) is 14.4. The molecule has 0 saturated carbocycles. The molecule has 36 heavy (non-hydrogen) atoms. The van der Waals surface area contributed by atoms with Crippen LogP contribution < -0.4 is 5.32 Å². The molecule has 3 rings (SSSR count). The standard InChI is InChI=1S/C28H37N3O3S2/c1-19(2)16-31(17-20(3)4)36(33,34)24-14-10-22(11-15-24)26(32)30-27-29-25(18-35-27)21-8-12-23(13-9-21)28(5,6)7/h8-15,18-20H,16-17H2,1-7H3,(H,29,30,32). The van der Waals surface area contributed by atoms with Crippen molar-refractivity contribution in [1.82, 2.24) is 9.29 Å². The van der Waals surface area contributed by atoms with Gasteiger partial charge in [0.25, 0.3) is 5.91 Å². The van der Waals surface area contributed by atoms with Gasteiger partial charge in [0.15, 0.2) is 5.13 Å². The summed E-state index contributed by atoms with van der Waals surface area (Å²) in [7, 11) is -3.64. The number of nitrogens with zero attached hydrogens (tertiary/aromatic N) is 2. The Morgan fingerprint density at radius 3 is 2.00 bits per heavy atom. The minimum atomic E-state index is -3.64. The van der Waals surface area contributed by atoms with Crippen LogP contribution in [0.15, 0.2) is 58.8 Å². The van der Waals surface area contributed by atoms with E-state index in [9.17, 15) is 13.2 Å². The van der Waals surface area contributed by atoms with Gasteiger partial charge in [0.05, 0.1) is 10.6 Å². The van der Waals surface area contributed by atoms with Gasteiger partial charge in [-0.15, -0.1) is 11.3 Å². The molecule has 0 aliphatic heterocycles. The second kappa shape index (κ2) is 11.2. The first-order valence-corrected chi connectivity index (χ1v) is 14.6. The maximum Gasteiger partial charge on any atom is 0.257 e. The highest BCUT2D eigenvalue weighted by molar-refractivity contribution is 7.89. The van der Waals surface area contributed by atoms with Crippen molar-refractivity contribution in [3.05, 3.63) is 65.0 Å². The third-order valence-electron chi connectivity index (χ3n) is 5.66. The number of amides is 1. The first-order chi connectivity index (χ1) is 16.8. The van der Waals surface area contributed by atoms with E-state index in [1.807, 2.05) is 45.2 Å². The van der Waals surface area contributed by atoms with Gasteiger partial charge in [-0.2, -0.15) is 4.31 Å². The first-order valence-electron chi connectivity index (χ1n) is 12.3. The smallest absolute Gasteiger partial charge is 0.257 e. The largest absolute Gasteiger partial charge is 0.298 e. The van der Waals surface area contributed by atoms with Crippen LogP contribution in [0.1, 0.15) is 64.4 Å². The lowest BCUT2D eigenvalue weighted by atomic mass is 9.86. The van der Waals surface area contributed by atoms with Crippen molar-refractivity contribution >= 4 is 32.4 Å². The number of thiazole rings is 1. The molecule has 194 valence electrons. The van der Waals surface area contributed by atoms with E-state index in [2.05, 4.69) is 43.2 Å². The molecule has 0 spiro atoms. The average molecular weight is 528 g/mol. The third-order valence-corrected chi connectivity index (χ3v) is 8.27. The molecule has 0 aliphatic carbocycles. The van der Waals surface area contributed by atoms with Crippen LogP contribution in [0.5, 0.6) is 0 Å². The molecule has 6 nitrogen and oxygen atoms in total. The molecule has 2 aromatic carbocycles. The lowest BCUT2D eigenvalue weighted by Crippen LogP contribution is -2.37. The van der Waals surface area contributed by atoms with E-state index in [0.717, 1.165) is 11.3 Å². The zero-order valence-electron chi connectivity index (χ0n) is 22.2. The van der Waals surface area contributed by atoms with Crippen LogP contribution in [-0.4, -0.2) is 36.7 Å². The van der Waals surface area contributed by atoms with Crippen molar-refractivity contribution in [3.63, 3.8) is 0 Å². The molecule has 0 unspecified atom stereocenters. The fourth-order valence-electron chi connectivity index (χ4n) is 3.79. The summed E-state index contributed by atoms with van der Waals surface area (Å²) in [5.74, 6) is 0.0931. The predicted molar refractivity (Wildman–Crippen MR) is 149 cm³/mol. The summed E-state index contributed by atoms with van der Waals surface area (Å²) >= 11 is 1.35. The highest BCUT2D eigenvalue weighted by Gasteiger charge is 2.26. The van der Waals surface area contributed by atoms with Crippen LogP contribution in [0.2, 0.25) is 0 Å². The van der Waals surface area contributed by atoms with E-state index in [1.54, 1.807) is 12.1 Å². The van der Waals surface area contributed by atoms with E-state index in [-0.39, 0.29) is 28.1 Å². The molecule has 0 bridgehead atoms. The van der Waals surface area contributed by atoms with Crippen LogP contribution in [0.25, 0.3) is 11.3 Å². The Kier molecular flexibility index (Phi) is 8.75. The molecule has 0 atom stereocenters. The first kappa shape index (κ1) is 28.0. The summed E-state index contributed by atoms with van der Waals surface area (Å²) in [6.45, 7) is 15.4. The maximum atomic E-state index is 13.2. The minimum absolute atomic E-state index is 0.0791. The number of hydrogen-bond donors (Lipinski definition) is 1. The number of rotatable bonds is 9. The Morgan fingerprint density at radius 2 is 1.50 bits per heavy atom. The Bertz CT molecular complexity index is 1260. The van der Waals surface area contributed by atoms with Crippen LogP contribution >= 0.6 is 11.3 Å². The molecule has 1 heterocycles. The van der Waals surface area contributed by atoms with Crippen molar-refractivity contribution in [2.45, 2.75) is 58.8 Å². The summed E-state index contributed by atoms with van der Waals surface area (Å²) in [6.07, 6.45) is 0. The zero-order chi connectivity index (χ0) is 26.7. The zero-order valence-corrected chi connectivity index (χ0v) is 23.8. The number of carbonyl (C=O) groups excluding carboxylic acids is 1. The second-order valence-electron chi connectivity index (χ2n) is 11.0. The number of hydrogen-bond acceptors (Lipinski definition) is 5. The molecular weight excluding hydrogens is 490 g/mol. The molecule has 0 radical (unpaired) electrons. The van der Waals surface area contributed by atoms with Crippen molar-refractivity contribution < 1.29 is 13.2 Å². The predicted octanol–water partition coefficient (Wildman–Crippen LogP) is 6.66. The molecule has 8 heteroatoms. The van der Waals surface area contributed by atoms with Crippen LogP contribution in [0, 0.1) is 11.8 Å². The van der Waals surface area contributed by atoms with Crippen molar-refractivity contribution in [3.8, 4) is 11.3 Å². The highest BCUT2D eigenvalue weighted by Crippen LogP contribution is 2.29. The fraction of sp³-hybridized carbons (Fsp3) is 0.429. The average Bonchev–Trinajstić information content (AvgIpc) is 3.26. The minimum Gasteiger partial charge on any atom is -0.298 e. The quantitative estimate of drug-likeness (QED) is 0.337. The van der Waals surface area contributed by atoms with E-state index < -0.39 is 10.0 Å². The topological polar surface area (TPSA) is 79.4 Å². The van der Waals surface area contributed by atoms with Gasteiger partial charge in [-0.1, -0.05) is 72.7 Å². The van der Waals surface area contributed by atoms with Gasteiger partial charge in [-0.3, -0.25) is 10.1 Å². The monoisotopic (exact) mass is 527 g/mol.